The quantitative estimate of drug-likeness (QED) is 0.635. The molecular weight excluding hydrogens is 180 g/mol. The molecule has 0 saturated carbocycles. The number of esters is 1. The zero-order valence-electron chi connectivity index (χ0n) is 8.65. The number of carbonyl (C=O) groups excluding carboxylic acids is 1. The third kappa shape index (κ3) is 3.06. The van der Waals surface area contributed by atoms with Gasteiger partial charge in [-0.3, -0.25) is 4.79 Å². The maximum Gasteiger partial charge on any atom is 0.324 e. The number of ether oxygens (including phenoxy) is 1. The summed E-state index contributed by atoms with van der Waals surface area (Å²) in [4.78, 5) is 11.3. The summed E-state index contributed by atoms with van der Waals surface area (Å²) in [7, 11) is 0. The zero-order valence-corrected chi connectivity index (χ0v) is 8.65. The van der Waals surface area contributed by atoms with Crippen molar-refractivity contribution < 1.29 is 9.53 Å². The van der Waals surface area contributed by atoms with Crippen LogP contribution in [0.5, 0.6) is 0 Å². The number of carbonyl (C=O) groups is 1. The van der Waals surface area contributed by atoms with Crippen LogP contribution in [-0.2, 0) is 9.53 Å². The molecule has 0 aliphatic rings. The van der Waals surface area contributed by atoms with Crippen LogP contribution in [0.15, 0.2) is 0 Å². The number of nitrogens with zero attached hydrogens (tertiary/aromatic N) is 2. The van der Waals surface area contributed by atoms with E-state index in [0.717, 1.165) is 0 Å². The molecule has 0 amide bonds. The van der Waals surface area contributed by atoms with Gasteiger partial charge in [-0.25, -0.2) is 0 Å². The number of hydrogen-bond acceptors (Lipinski definition) is 4. The van der Waals surface area contributed by atoms with E-state index in [2.05, 4.69) is 0 Å². The van der Waals surface area contributed by atoms with E-state index in [1.165, 1.54) is 0 Å². The Morgan fingerprint density at radius 2 is 1.93 bits per heavy atom. The van der Waals surface area contributed by atoms with Crippen molar-refractivity contribution in [3.63, 3.8) is 0 Å². The first-order valence-corrected chi connectivity index (χ1v) is 4.54. The van der Waals surface area contributed by atoms with Gasteiger partial charge in [0, 0.05) is 0 Å². The molecule has 4 heteroatoms. The molecule has 0 aliphatic carbocycles. The van der Waals surface area contributed by atoms with Crippen LogP contribution in [0.3, 0.4) is 0 Å². The highest BCUT2D eigenvalue weighted by molar-refractivity contribution is 5.76. The van der Waals surface area contributed by atoms with Gasteiger partial charge in [-0.15, -0.1) is 0 Å². The molecule has 0 bridgehead atoms. The fourth-order valence-corrected chi connectivity index (χ4v) is 1.12. The molecule has 0 rings (SSSR count). The molecule has 0 fully saturated rings. The fourth-order valence-electron chi connectivity index (χ4n) is 1.12. The summed E-state index contributed by atoms with van der Waals surface area (Å²) in [5.41, 5.74) is 0. The van der Waals surface area contributed by atoms with Crippen molar-refractivity contribution in [1.29, 1.82) is 10.5 Å². The lowest BCUT2D eigenvalue weighted by molar-refractivity contribution is -0.147. The summed E-state index contributed by atoms with van der Waals surface area (Å²) in [6.07, 6.45) is 0. The molecular formula is C10H14N2O2. The molecule has 0 aromatic carbocycles. The fraction of sp³-hybridized carbons (Fsp3) is 0.700. The van der Waals surface area contributed by atoms with E-state index < -0.39 is 17.8 Å². The van der Waals surface area contributed by atoms with Gasteiger partial charge < -0.3 is 4.74 Å². The predicted molar refractivity (Wildman–Crippen MR) is 49.7 cm³/mol. The summed E-state index contributed by atoms with van der Waals surface area (Å²) in [6, 6.07) is 3.79. The van der Waals surface area contributed by atoms with Gasteiger partial charge in [-0.05, 0) is 12.8 Å². The summed E-state index contributed by atoms with van der Waals surface area (Å²) >= 11 is 0. The van der Waals surface area contributed by atoms with E-state index in [0.29, 0.717) is 0 Å². The van der Waals surface area contributed by atoms with Crippen LogP contribution in [-0.4, -0.2) is 12.6 Å². The molecule has 0 aromatic rings. The van der Waals surface area contributed by atoms with Crippen LogP contribution in [0.4, 0.5) is 0 Å². The third-order valence-corrected chi connectivity index (χ3v) is 1.91. The van der Waals surface area contributed by atoms with Crippen LogP contribution in [0.25, 0.3) is 0 Å². The van der Waals surface area contributed by atoms with E-state index in [1.807, 2.05) is 12.1 Å². The maximum atomic E-state index is 11.3. The molecule has 0 aliphatic heterocycles. The largest absolute Gasteiger partial charge is 0.465 e. The minimum Gasteiger partial charge on any atom is -0.465 e. The maximum absolute atomic E-state index is 11.3. The molecule has 0 saturated heterocycles. The van der Waals surface area contributed by atoms with E-state index in [4.69, 9.17) is 15.3 Å². The van der Waals surface area contributed by atoms with E-state index in [9.17, 15) is 4.79 Å². The van der Waals surface area contributed by atoms with Gasteiger partial charge in [-0.2, -0.15) is 10.5 Å². The van der Waals surface area contributed by atoms with Gasteiger partial charge in [0.25, 0.3) is 0 Å². The Morgan fingerprint density at radius 3 is 2.21 bits per heavy atom. The lowest BCUT2D eigenvalue weighted by atomic mass is 9.85. The van der Waals surface area contributed by atoms with Crippen molar-refractivity contribution >= 4 is 5.97 Å². The molecule has 0 heterocycles. The molecule has 0 N–H and O–H groups in total. The SMILES string of the molecule is CCOC(=O)C(C#N)C(C#N)C(C)C. The molecule has 2 unspecified atom stereocenters. The Kier molecular flexibility index (Phi) is 5.33. The van der Waals surface area contributed by atoms with E-state index in [1.54, 1.807) is 20.8 Å². The second-order valence-electron chi connectivity index (χ2n) is 3.26. The summed E-state index contributed by atoms with van der Waals surface area (Å²) in [6.45, 7) is 5.51. The lowest BCUT2D eigenvalue weighted by Crippen LogP contribution is -2.27. The molecule has 14 heavy (non-hydrogen) atoms. The lowest BCUT2D eigenvalue weighted by Gasteiger charge is -2.16. The standard InChI is InChI=1S/C10H14N2O2/c1-4-14-10(13)9(6-12)8(5-11)7(2)3/h7-9H,4H2,1-3H3. The van der Waals surface area contributed by atoms with Gasteiger partial charge in [0.15, 0.2) is 5.92 Å². The second-order valence-corrected chi connectivity index (χ2v) is 3.26. The van der Waals surface area contributed by atoms with Crippen LogP contribution in [0, 0.1) is 40.4 Å². The Morgan fingerprint density at radius 1 is 1.36 bits per heavy atom. The van der Waals surface area contributed by atoms with Crippen LogP contribution >= 0.6 is 0 Å². The van der Waals surface area contributed by atoms with Crippen LogP contribution < -0.4 is 0 Å². The summed E-state index contributed by atoms with van der Waals surface area (Å²) < 4.78 is 4.72. The Hall–Kier alpha value is -1.55. The van der Waals surface area contributed by atoms with E-state index in [-0.39, 0.29) is 12.5 Å². The topological polar surface area (TPSA) is 73.9 Å². The van der Waals surface area contributed by atoms with Gasteiger partial charge in [0.1, 0.15) is 0 Å². The van der Waals surface area contributed by atoms with Gasteiger partial charge in [0.2, 0.25) is 0 Å². The van der Waals surface area contributed by atoms with Crippen molar-refractivity contribution in [1.82, 2.24) is 0 Å². The predicted octanol–water partition coefficient (Wildman–Crippen LogP) is 1.49. The normalized spacial score (nSPS) is 13.9. The Bertz CT molecular complexity index is 273. The minimum atomic E-state index is -0.972. The summed E-state index contributed by atoms with van der Waals surface area (Å²) in [5, 5.41) is 17.6. The average Bonchev–Trinajstić information content (AvgIpc) is 2.13. The minimum absolute atomic E-state index is 0.0333. The highest BCUT2D eigenvalue weighted by atomic mass is 16.5. The van der Waals surface area contributed by atoms with Crippen molar-refractivity contribution in [3.8, 4) is 12.1 Å². The highest BCUT2D eigenvalue weighted by Gasteiger charge is 2.31. The van der Waals surface area contributed by atoms with Gasteiger partial charge >= 0.3 is 5.97 Å². The first-order valence-electron chi connectivity index (χ1n) is 4.54. The van der Waals surface area contributed by atoms with Crippen molar-refractivity contribution in [3.05, 3.63) is 0 Å². The number of nitriles is 2. The molecule has 4 nitrogen and oxygen atoms in total. The number of hydrogen-bond donors (Lipinski definition) is 0. The van der Waals surface area contributed by atoms with Crippen molar-refractivity contribution in [2.45, 2.75) is 20.8 Å². The average molecular weight is 194 g/mol. The van der Waals surface area contributed by atoms with Crippen molar-refractivity contribution in [2.24, 2.45) is 17.8 Å². The highest BCUT2D eigenvalue weighted by Crippen LogP contribution is 2.21. The smallest absolute Gasteiger partial charge is 0.324 e. The Labute approximate surface area is 84.1 Å². The monoisotopic (exact) mass is 194 g/mol. The van der Waals surface area contributed by atoms with Crippen LogP contribution in [0.1, 0.15) is 20.8 Å². The molecule has 0 spiro atoms. The first-order chi connectivity index (χ1) is 6.58. The van der Waals surface area contributed by atoms with Crippen LogP contribution in [0.2, 0.25) is 0 Å². The molecule has 76 valence electrons. The zero-order chi connectivity index (χ0) is 11.1. The first kappa shape index (κ1) is 12.4. The van der Waals surface area contributed by atoms with Crippen molar-refractivity contribution in [2.75, 3.05) is 6.61 Å². The van der Waals surface area contributed by atoms with E-state index >= 15 is 0 Å². The second kappa shape index (κ2) is 5.99. The summed E-state index contributed by atoms with van der Waals surface area (Å²) in [5.74, 6) is -2.21. The molecule has 0 radical (unpaired) electrons. The third-order valence-electron chi connectivity index (χ3n) is 1.91. The Balaban J connectivity index is 4.64. The number of rotatable bonds is 4. The molecule has 2 atom stereocenters. The molecule has 0 aromatic heterocycles. The van der Waals surface area contributed by atoms with Gasteiger partial charge in [0.05, 0.1) is 24.7 Å². The van der Waals surface area contributed by atoms with Gasteiger partial charge in [-0.1, -0.05) is 13.8 Å².